The molecule has 7 heteroatoms. The molecule has 2 aromatic rings. The minimum Gasteiger partial charge on any atom is -0.309 e. The minimum atomic E-state index is -0.241. The van der Waals surface area contributed by atoms with Crippen molar-refractivity contribution in [2.45, 2.75) is 6.42 Å². The highest BCUT2D eigenvalue weighted by Gasteiger charge is 2.07. The van der Waals surface area contributed by atoms with E-state index < -0.39 is 0 Å². The molecule has 1 amide bonds. The van der Waals surface area contributed by atoms with Gasteiger partial charge in [-0.3, -0.25) is 9.78 Å². The topological polar surface area (TPSA) is 54.9 Å². The molecule has 19 heavy (non-hydrogen) atoms. The predicted octanol–water partition coefficient (Wildman–Crippen LogP) is 3.62. The molecule has 0 atom stereocenters. The van der Waals surface area contributed by atoms with Crippen LogP contribution in [0.15, 0.2) is 30.6 Å². The Morgan fingerprint density at radius 2 is 1.95 bits per heavy atom. The van der Waals surface area contributed by atoms with Crippen molar-refractivity contribution in [2.24, 2.45) is 0 Å². The molecule has 0 unspecified atom stereocenters. The summed E-state index contributed by atoms with van der Waals surface area (Å²) in [6, 6.07) is 5.02. The van der Waals surface area contributed by atoms with E-state index in [9.17, 15) is 4.79 Å². The first-order chi connectivity index (χ1) is 9.04. The molecule has 0 saturated carbocycles. The zero-order chi connectivity index (χ0) is 13.8. The van der Waals surface area contributed by atoms with Gasteiger partial charge in [0.25, 0.3) is 0 Å². The third-order valence-electron chi connectivity index (χ3n) is 2.22. The lowest BCUT2D eigenvalue weighted by molar-refractivity contribution is -0.115. The van der Waals surface area contributed by atoms with Crippen LogP contribution in [0, 0.1) is 0 Å². The van der Waals surface area contributed by atoms with Gasteiger partial charge in [-0.05, 0) is 17.7 Å². The van der Waals surface area contributed by atoms with Crippen molar-refractivity contribution >= 4 is 46.5 Å². The number of nitrogens with zero attached hydrogens (tertiary/aromatic N) is 2. The van der Waals surface area contributed by atoms with E-state index in [1.54, 1.807) is 18.2 Å². The molecule has 0 spiro atoms. The van der Waals surface area contributed by atoms with Gasteiger partial charge in [-0.15, -0.1) is 0 Å². The fourth-order valence-corrected chi connectivity index (χ4v) is 1.89. The van der Waals surface area contributed by atoms with Crippen LogP contribution in [0.1, 0.15) is 5.56 Å². The molecule has 2 rings (SSSR count). The lowest BCUT2D eigenvalue weighted by atomic mass is 10.1. The fourth-order valence-electron chi connectivity index (χ4n) is 1.42. The van der Waals surface area contributed by atoms with Gasteiger partial charge in [-0.2, -0.15) is 0 Å². The number of aromatic nitrogens is 2. The van der Waals surface area contributed by atoms with Crippen molar-refractivity contribution in [3.63, 3.8) is 0 Å². The van der Waals surface area contributed by atoms with Crippen molar-refractivity contribution in [3.05, 3.63) is 51.4 Å². The quantitative estimate of drug-likeness (QED) is 0.941. The molecule has 0 fully saturated rings. The lowest BCUT2D eigenvalue weighted by Crippen LogP contribution is -2.15. The molecule has 1 aromatic carbocycles. The van der Waals surface area contributed by atoms with Crippen LogP contribution in [-0.2, 0) is 11.2 Å². The summed E-state index contributed by atoms with van der Waals surface area (Å²) in [5, 5.41) is 3.67. The van der Waals surface area contributed by atoms with E-state index in [1.165, 1.54) is 12.4 Å². The first kappa shape index (κ1) is 14.1. The standard InChI is InChI=1S/C12H8Cl3N3O/c13-8-2-1-7(3-9(8)14)4-12(19)18-11-6-16-5-10(15)17-11/h1-3,5-6H,4H2,(H,17,18,19). The van der Waals surface area contributed by atoms with E-state index in [2.05, 4.69) is 15.3 Å². The highest BCUT2D eigenvalue weighted by Crippen LogP contribution is 2.22. The van der Waals surface area contributed by atoms with Gasteiger partial charge in [-0.25, -0.2) is 4.98 Å². The lowest BCUT2D eigenvalue weighted by Gasteiger charge is -2.05. The zero-order valence-corrected chi connectivity index (χ0v) is 11.8. The molecule has 0 bridgehead atoms. The van der Waals surface area contributed by atoms with Gasteiger partial charge in [0.05, 0.1) is 28.9 Å². The Morgan fingerprint density at radius 3 is 2.63 bits per heavy atom. The summed E-state index contributed by atoms with van der Waals surface area (Å²) in [6.07, 6.45) is 2.96. The average molecular weight is 317 g/mol. The first-order valence-corrected chi connectivity index (χ1v) is 6.39. The zero-order valence-electron chi connectivity index (χ0n) is 9.53. The van der Waals surface area contributed by atoms with Crippen LogP contribution in [0.3, 0.4) is 0 Å². The molecule has 98 valence electrons. The van der Waals surface area contributed by atoms with Gasteiger partial charge in [0.2, 0.25) is 5.91 Å². The average Bonchev–Trinajstić information content (AvgIpc) is 2.34. The van der Waals surface area contributed by atoms with Crippen LogP contribution >= 0.6 is 34.8 Å². The molecule has 1 heterocycles. The van der Waals surface area contributed by atoms with Crippen LogP contribution in [0.25, 0.3) is 0 Å². The number of amides is 1. The third kappa shape index (κ3) is 4.06. The second-order valence-corrected chi connectivity index (χ2v) is 4.90. The Labute approximate surface area is 124 Å². The molecular formula is C12H8Cl3N3O. The molecule has 0 aliphatic rings. The molecule has 0 aliphatic heterocycles. The van der Waals surface area contributed by atoms with Gasteiger partial charge in [0.15, 0.2) is 5.82 Å². The van der Waals surface area contributed by atoms with E-state index in [0.29, 0.717) is 15.9 Å². The number of benzene rings is 1. The molecule has 1 aromatic heterocycles. The smallest absolute Gasteiger partial charge is 0.229 e. The number of carbonyl (C=O) groups is 1. The van der Waals surface area contributed by atoms with Crippen molar-refractivity contribution in [1.29, 1.82) is 0 Å². The van der Waals surface area contributed by atoms with Crippen LogP contribution in [0.4, 0.5) is 5.82 Å². The van der Waals surface area contributed by atoms with Gasteiger partial charge in [-0.1, -0.05) is 40.9 Å². The van der Waals surface area contributed by atoms with Crippen LogP contribution in [0.2, 0.25) is 15.2 Å². The maximum absolute atomic E-state index is 11.8. The summed E-state index contributed by atoms with van der Waals surface area (Å²) in [4.78, 5) is 19.5. The van der Waals surface area contributed by atoms with Crippen LogP contribution in [0.5, 0.6) is 0 Å². The summed E-state index contributed by atoms with van der Waals surface area (Å²) in [5.41, 5.74) is 0.752. The monoisotopic (exact) mass is 315 g/mol. The Hall–Kier alpha value is -1.36. The number of halogens is 3. The predicted molar refractivity (Wildman–Crippen MR) is 75.8 cm³/mol. The summed E-state index contributed by atoms with van der Waals surface area (Å²) in [6.45, 7) is 0. The maximum Gasteiger partial charge on any atom is 0.229 e. The highest BCUT2D eigenvalue weighted by molar-refractivity contribution is 6.42. The first-order valence-electron chi connectivity index (χ1n) is 5.26. The van der Waals surface area contributed by atoms with Gasteiger partial charge >= 0.3 is 0 Å². The number of nitrogens with one attached hydrogen (secondary N) is 1. The molecule has 4 nitrogen and oxygen atoms in total. The van der Waals surface area contributed by atoms with Crippen molar-refractivity contribution < 1.29 is 4.79 Å². The second kappa shape index (κ2) is 6.19. The van der Waals surface area contributed by atoms with E-state index in [0.717, 1.165) is 5.56 Å². The van der Waals surface area contributed by atoms with E-state index in [4.69, 9.17) is 34.8 Å². The summed E-state index contributed by atoms with van der Waals surface area (Å²) >= 11 is 17.3. The van der Waals surface area contributed by atoms with E-state index >= 15 is 0 Å². The number of rotatable bonds is 3. The molecule has 0 radical (unpaired) electrons. The SMILES string of the molecule is O=C(Cc1ccc(Cl)c(Cl)c1)Nc1cncc(Cl)n1. The van der Waals surface area contributed by atoms with Crippen molar-refractivity contribution in [1.82, 2.24) is 9.97 Å². The van der Waals surface area contributed by atoms with Crippen molar-refractivity contribution in [2.75, 3.05) is 5.32 Å². The second-order valence-electron chi connectivity index (χ2n) is 3.70. The van der Waals surface area contributed by atoms with Crippen molar-refractivity contribution in [3.8, 4) is 0 Å². The summed E-state index contributed by atoms with van der Waals surface area (Å²) in [7, 11) is 0. The Bertz CT molecular complexity index is 619. The molecule has 0 saturated heterocycles. The number of hydrogen-bond acceptors (Lipinski definition) is 3. The van der Waals surface area contributed by atoms with E-state index in [-0.39, 0.29) is 17.5 Å². The summed E-state index contributed by atoms with van der Waals surface area (Å²) in [5.74, 6) is 0.0625. The number of anilines is 1. The summed E-state index contributed by atoms with van der Waals surface area (Å²) < 4.78 is 0. The maximum atomic E-state index is 11.8. The normalized spacial score (nSPS) is 10.3. The minimum absolute atomic E-state index is 0.158. The van der Waals surface area contributed by atoms with Gasteiger partial charge in [0.1, 0.15) is 5.15 Å². The Morgan fingerprint density at radius 1 is 1.16 bits per heavy atom. The fraction of sp³-hybridized carbons (Fsp3) is 0.0833. The number of carbonyl (C=O) groups excluding carboxylic acids is 1. The molecule has 0 aliphatic carbocycles. The largest absolute Gasteiger partial charge is 0.309 e. The Kier molecular flexibility index (Phi) is 4.58. The Balaban J connectivity index is 2.03. The van der Waals surface area contributed by atoms with Crippen LogP contribution < -0.4 is 5.32 Å². The van der Waals surface area contributed by atoms with Crippen LogP contribution in [-0.4, -0.2) is 15.9 Å². The molecular weight excluding hydrogens is 309 g/mol. The molecule has 1 N–H and O–H groups in total. The third-order valence-corrected chi connectivity index (χ3v) is 3.14. The van der Waals surface area contributed by atoms with Gasteiger partial charge in [0, 0.05) is 0 Å². The highest BCUT2D eigenvalue weighted by atomic mass is 35.5. The number of hydrogen-bond donors (Lipinski definition) is 1. The van der Waals surface area contributed by atoms with E-state index in [1.807, 2.05) is 0 Å². The van der Waals surface area contributed by atoms with Gasteiger partial charge < -0.3 is 5.32 Å².